The minimum Gasteiger partial charge on any atom is -0.461 e. The fraction of sp³-hybridized carbons (Fsp3) is 0.667. The highest BCUT2D eigenvalue weighted by molar-refractivity contribution is 6.02. The molecule has 0 aromatic carbocycles. The second-order valence-corrected chi connectivity index (χ2v) is 6.15. The zero-order valence-corrected chi connectivity index (χ0v) is 15.3. The van der Waals surface area contributed by atoms with Gasteiger partial charge in [-0.3, -0.25) is 9.69 Å². The van der Waals surface area contributed by atoms with Gasteiger partial charge in [0.1, 0.15) is 0 Å². The average molecular weight is 335 g/mol. The zero-order chi connectivity index (χ0) is 17.7. The minimum absolute atomic E-state index is 0.0804. The summed E-state index contributed by atoms with van der Waals surface area (Å²) in [4.78, 5) is 26.9. The third kappa shape index (κ3) is 3.80. The number of esters is 1. The van der Waals surface area contributed by atoms with E-state index in [1.165, 1.54) is 0 Å². The molecule has 1 aromatic heterocycles. The van der Waals surface area contributed by atoms with Gasteiger partial charge in [-0.2, -0.15) is 0 Å². The van der Waals surface area contributed by atoms with Crippen molar-refractivity contribution < 1.29 is 14.3 Å². The molecule has 0 unspecified atom stereocenters. The molecular formula is C18H29N3O3. The normalized spacial score (nSPS) is 13.7. The van der Waals surface area contributed by atoms with Crippen LogP contribution in [0.25, 0.3) is 0 Å². The molecule has 0 saturated heterocycles. The van der Waals surface area contributed by atoms with E-state index in [1.54, 1.807) is 6.92 Å². The lowest BCUT2D eigenvalue weighted by atomic mass is 9.96. The van der Waals surface area contributed by atoms with E-state index in [9.17, 15) is 9.59 Å². The van der Waals surface area contributed by atoms with E-state index in [0.29, 0.717) is 24.5 Å². The Labute approximate surface area is 144 Å². The number of ether oxygens (including phenoxy) is 1. The molecule has 6 heteroatoms. The maximum Gasteiger partial charge on any atom is 0.357 e. The number of carbonyl (C=O) groups excluding carboxylic acids is 2. The van der Waals surface area contributed by atoms with Gasteiger partial charge in [0.25, 0.3) is 0 Å². The molecule has 0 aliphatic heterocycles. The maximum absolute atomic E-state index is 12.5. The van der Waals surface area contributed by atoms with Crippen molar-refractivity contribution in [3.8, 4) is 0 Å². The number of amides is 1. The Kier molecular flexibility index (Phi) is 6.43. The first-order valence-corrected chi connectivity index (χ1v) is 8.93. The molecule has 1 aliphatic carbocycles. The molecule has 0 bridgehead atoms. The lowest BCUT2D eigenvalue weighted by Gasteiger charge is -2.18. The number of likely N-dealkylation sites (N-methyl/N-ethyl adjacent to an activating group) is 1. The number of nitrogens with zero attached hydrogens (tertiary/aromatic N) is 2. The highest BCUT2D eigenvalue weighted by atomic mass is 16.5. The standard InChI is InChI=1S/C18H29N3O3/c1-5-21(6-2)12-15(22)19-16-13-10-8-9-11-14(13)20(4)17(16)18(23)24-7-3/h5-12H2,1-4H3,(H,19,22). The Morgan fingerprint density at radius 3 is 2.46 bits per heavy atom. The molecule has 1 amide bonds. The summed E-state index contributed by atoms with van der Waals surface area (Å²) in [6.07, 6.45) is 4.02. The number of aromatic nitrogens is 1. The summed E-state index contributed by atoms with van der Waals surface area (Å²) in [6, 6.07) is 0. The van der Waals surface area contributed by atoms with Crippen LogP contribution < -0.4 is 5.32 Å². The molecule has 134 valence electrons. The van der Waals surface area contributed by atoms with Crippen molar-refractivity contribution in [2.24, 2.45) is 7.05 Å². The van der Waals surface area contributed by atoms with E-state index in [2.05, 4.69) is 10.2 Å². The van der Waals surface area contributed by atoms with Crippen molar-refractivity contribution in [2.45, 2.75) is 46.5 Å². The summed E-state index contributed by atoms with van der Waals surface area (Å²) in [6.45, 7) is 8.15. The van der Waals surface area contributed by atoms with Gasteiger partial charge in [0.05, 0.1) is 18.8 Å². The molecule has 1 aromatic rings. The molecule has 1 aliphatic rings. The average Bonchev–Trinajstić information content (AvgIpc) is 2.85. The summed E-state index contributed by atoms with van der Waals surface area (Å²) >= 11 is 0. The molecule has 1 N–H and O–H groups in total. The van der Waals surface area contributed by atoms with Gasteiger partial charge in [-0.25, -0.2) is 4.79 Å². The third-order valence-electron chi connectivity index (χ3n) is 4.71. The van der Waals surface area contributed by atoms with Crippen LogP contribution in [0, 0.1) is 0 Å². The predicted molar refractivity (Wildman–Crippen MR) is 94.4 cm³/mol. The fourth-order valence-corrected chi connectivity index (χ4v) is 3.38. The zero-order valence-electron chi connectivity index (χ0n) is 15.3. The Bertz CT molecular complexity index is 603. The van der Waals surface area contributed by atoms with Gasteiger partial charge in [0, 0.05) is 12.7 Å². The van der Waals surface area contributed by atoms with Crippen molar-refractivity contribution in [2.75, 3.05) is 31.6 Å². The lowest BCUT2D eigenvalue weighted by molar-refractivity contribution is -0.117. The van der Waals surface area contributed by atoms with Crippen LogP contribution in [-0.2, 0) is 29.4 Å². The maximum atomic E-state index is 12.5. The van der Waals surface area contributed by atoms with Crippen LogP contribution in [0.1, 0.15) is 55.4 Å². The predicted octanol–water partition coefficient (Wildman–Crippen LogP) is 2.36. The van der Waals surface area contributed by atoms with Crippen LogP contribution in [0.4, 0.5) is 5.69 Å². The second-order valence-electron chi connectivity index (χ2n) is 6.15. The van der Waals surface area contributed by atoms with E-state index in [0.717, 1.165) is 50.0 Å². The van der Waals surface area contributed by atoms with E-state index in [4.69, 9.17) is 4.74 Å². The molecule has 6 nitrogen and oxygen atoms in total. The van der Waals surface area contributed by atoms with E-state index >= 15 is 0 Å². The molecule has 0 fully saturated rings. The second kappa shape index (κ2) is 8.33. The highest BCUT2D eigenvalue weighted by Gasteiger charge is 2.28. The third-order valence-corrected chi connectivity index (χ3v) is 4.71. The smallest absolute Gasteiger partial charge is 0.357 e. The molecule has 24 heavy (non-hydrogen) atoms. The van der Waals surface area contributed by atoms with Crippen LogP contribution in [-0.4, -0.2) is 47.6 Å². The van der Waals surface area contributed by atoms with Gasteiger partial charge in [-0.1, -0.05) is 13.8 Å². The summed E-state index contributed by atoms with van der Waals surface area (Å²) in [5.41, 5.74) is 3.36. The van der Waals surface area contributed by atoms with Crippen LogP contribution in [0.5, 0.6) is 0 Å². The van der Waals surface area contributed by atoms with E-state index in [1.807, 2.05) is 25.5 Å². The highest BCUT2D eigenvalue weighted by Crippen LogP contribution is 2.34. The summed E-state index contributed by atoms with van der Waals surface area (Å²) in [5, 5.41) is 3.00. The number of carbonyl (C=O) groups is 2. The lowest BCUT2D eigenvalue weighted by Crippen LogP contribution is -2.33. The Morgan fingerprint density at radius 1 is 1.17 bits per heavy atom. The van der Waals surface area contributed by atoms with Crippen molar-refractivity contribution in [3.63, 3.8) is 0 Å². The monoisotopic (exact) mass is 335 g/mol. The van der Waals surface area contributed by atoms with Gasteiger partial charge in [0.2, 0.25) is 5.91 Å². The molecule has 0 spiro atoms. The van der Waals surface area contributed by atoms with Crippen LogP contribution in [0.15, 0.2) is 0 Å². The topological polar surface area (TPSA) is 63.6 Å². The van der Waals surface area contributed by atoms with Crippen molar-refractivity contribution in [3.05, 3.63) is 17.0 Å². The Balaban J connectivity index is 2.33. The van der Waals surface area contributed by atoms with Gasteiger partial charge in [-0.05, 0) is 51.3 Å². The van der Waals surface area contributed by atoms with Crippen molar-refractivity contribution in [1.82, 2.24) is 9.47 Å². The van der Waals surface area contributed by atoms with Crippen LogP contribution >= 0.6 is 0 Å². The number of anilines is 1. The minimum atomic E-state index is -0.368. The molecule has 0 radical (unpaired) electrons. The Hall–Kier alpha value is -1.82. The van der Waals surface area contributed by atoms with Gasteiger partial charge in [0.15, 0.2) is 5.69 Å². The van der Waals surface area contributed by atoms with Gasteiger partial charge >= 0.3 is 5.97 Å². The molecule has 1 heterocycles. The van der Waals surface area contributed by atoms with E-state index < -0.39 is 0 Å². The first-order valence-electron chi connectivity index (χ1n) is 8.93. The van der Waals surface area contributed by atoms with Crippen molar-refractivity contribution in [1.29, 1.82) is 0 Å². The largest absolute Gasteiger partial charge is 0.461 e. The number of fused-ring (bicyclic) bond motifs is 1. The fourth-order valence-electron chi connectivity index (χ4n) is 3.38. The van der Waals surface area contributed by atoms with Crippen LogP contribution in [0.3, 0.4) is 0 Å². The number of nitrogens with one attached hydrogen (secondary N) is 1. The van der Waals surface area contributed by atoms with E-state index in [-0.39, 0.29) is 11.9 Å². The molecule has 0 saturated carbocycles. The SMILES string of the molecule is CCOC(=O)c1c(NC(=O)CN(CC)CC)c2c(n1C)CCCC2. The van der Waals surface area contributed by atoms with Crippen molar-refractivity contribution >= 4 is 17.6 Å². The summed E-state index contributed by atoms with van der Waals surface area (Å²) < 4.78 is 7.11. The Morgan fingerprint density at radius 2 is 1.83 bits per heavy atom. The first kappa shape index (κ1) is 18.5. The quantitative estimate of drug-likeness (QED) is 0.777. The van der Waals surface area contributed by atoms with Crippen LogP contribution in [0.2, 0.25) is 0 Å². The number of hydrogen-bond acceptors (Lipinski definition) is 4. The number of hydrogen-bond donors (Lipinski definition) is 1. The molecule has 2 rings (SSSR count). The molecular weight excluding hydrogens is 306 g/mol. The molecule has 0 atom stereocenters. The van der Waals surface area contributed by atoms with Gasteiger partial charge < -0.3 is 14.6 Å². The summed E-state index contributed by atoms with van der Waals surface area (Å²) in [7, 11) is 1.89. The first-order chi connectivity index (χ1) is 11.5. The number of rotatable bonds is 7. The summed E-state index contributed by atoms with van der Waals surface area (Å²) in [5.74, 6) is -0.448. The van der Waals surface area contributed by atoms with Gasteiger partial charge in [-0.15, -0.1) is 0 Å².